The fraction of sp³-hybridized carbons (Fsp3) is 0.889. The number of rotatable bonds is 12. The van der Waals surface area contributed by atoms with Gasteiger partial charge in [0.1, 0.15) is 0 Å². The third-order valence-corrected chi connectivity index (χ3v) is 3.46. The second kappa shape index (κ2) is 12.5. The molecular weight excluding hydrogens is 280 g/mol. The number of esters is 2. The van der Waals surface area contributed by atoms with Crippen LogP contribution in [0.15, 0.2) is 0 Å². The fourth-order valence-corrected chi connectivity index (χ4v) is 2.03. The Labute approximate surface area is 135 Å². The monoisotopic (exact) mass is 314 g/mol. The maximum absolute atomic E-state index is 11.6. The minimum Gasteiger partial charge on any atom is -0.466 e. The highest BCUT2D eigenvalue weighted by atomic mass is 16.5. The van der Waals surface area contributed by atoms with Crippen LogP contribution in [-0.4, -0.2) is 24.6 Å². The largest absolute Gasteiger partial charge is 0.466 e. The molecule has 4 heteroatoms. The summed E-state index contributed by atoms with van der Waals surface area (Å²) in [6.07, 6.45) is 5.15. The Balaban J connectivity index is 3.62. The predicted molar refractivity (Wildman–Crippen MR) is 88.5 cm³/mol. The van der Waals surface area contributed by atoms with E-state index in [9.17, 15) is 9.59 Å². The molecule has 0 spiro atoms. The molecule has 4 nitrogen and oxygen atoms in total. The van der Waals surface area contributed by atoms with Crippen molar-refractivity contribution in [3.63, 3.8) is 0 Å². The molecule has 0 aromatic rings. The summed E-state index contributed by atoms with van der Waals surface area (Å²) in [6.45, 7) is 11.0. The predicted octanol–water partition coefficient (Wildman–Crippen LogP) is 4.50. The highest BCUT2D eigenvalue weighted by molar-refractivity contribution is 5.77. The van der Waals surface area contributed by atoms with Crippen LogP contribution >= 0.6 is 0 Å². The van der Waals surface area contributed by atoms with Gasteiger partial charge in [0.05, 0.1) is 25.6 Å². The molecule has 0 N–H and O–H groups in total. The zero-order valence-electron chi connectivity index (χ0n) is 15.0. The summed E-state index contributed by atoms with van der Waals surface area (Å²) >= 11 is 0. The van der Waals surface area contributed by atoms with Gasteiger partial charge in [0.2, 0.25) is 0 Å². The van der Waals surface area contributed by atoms with Gasteiger partial charge in [-0.05, 0) is 44.4 Å². The van der Waals surface area contributed by atoms with Gasteiger partial charge in [-0.3, -0.25) is 9.59 Å². The second-order valence-electron chi connectivity index (χ2n) is 6.88. The first-order valence-electron chi connectivity index (χ1n) is 8.66. The maximum Gasteiger partial charge on any atom is 0.306 e. The van der Waals surface area contributed by atoms with Crippen molar-refractivity contribution < 1.29 is 19.1 Å². The van der Waals surface area contributed by atoms with E-state index in [-0.39, 0.29) is 30.9 Å². The third-order valence-electron chi connectivity index (χ3n) is 3.46. The van der Waals surface area contributed by atoms with Crippen LogP contribution in [0.5, 0.6) is 0 Å². The first-order chi connectivity index (χ1) is 10.3. The van der Waals surface area contributed by atoms with Crippen molar-refractivity contribution in [2.45, 2.75) is 85.7 Å². The van der Waals surface area contributed by atoms with Gasteiger partial charge in [0.25, 0.3) is 0 Å². The Morgan fingerprint density at radius 3 is 1.95 bits per heavy atom. The summed E-state index contributed by atoms with van der Waals surface area (Å²) in [4.78, 5) is 23.1. The van der Waals surface area contributed by atoms with Crippen molar-refractivity contribution in [2.75, 3.05) is 6.61 Å². The minimum atomic E-state index is -0.312. The molecule has 0 radical (unpaired) electrons. The lowest BCUT2D eigenvalue weighted by Gasteiger charge is -2.14. The number of hydrogen-bond acceptors (Lipinski definition) is 4. The zero-order valence-corrected chi connectivity index (χ0v) is 15.0. The van der Waals surface area contributed by atoms with E-state index in [1.165, 1.54) is 0 Å². The average molecular weight is 314 g/mol. The first-order valence-corrected chi connectivity index (χ1v) is 8.66. The van der Waals surface area contributed by atoms with E-state index in [1.54, 1.807) is 0 Å². The lowest BCUT2D eigenvalue weighted by atomic mass is 10.1. The SMILES string of the molecule is CC(C)CCCCOC(=O)CCC(=O)OC(C)CCC(C)C. The molecule has 0 rings (SSSR count). The van der Waals surface area contributed by atoms with Crippen LogP contribution in [0, 0.1) is 11.8 Å². The molecule has 0 aromatic carbocycles. The van der Waals surface area contributed by atoms with E-state index < -0.39 is 0 Å². The molecule has 0 fully saturated rings. The van der Waals surface area contributed by atoms with Crippen LogP contribution in [0.2, 0.25) is 0 Å². The van der Waals surface area contributed by atoms with Gasteiger partial charge in [-0.2, -0.15) is 0 Å². The minimum absolute atomic E-state index is 0.0815. The number of carbonyl (C=O) groups is 2. The van der Waals surface area contributed by atoms with Crippen molar-refractivity contribution in [3.05, 3.63) is 0 Å². The summed E-state index contributed by atoms with van der Waals surface area (Å²) in [6, 6.07) is 0. The van der Waals surface area contributed by atoms with E-state index in [4.69, 9.17) is 9.47 Å². The normalized spacial score (nSPS) is 12.5. The molecule has 22 heavy (non-hydrogen) atoms. The highest BCUT2D eigenvalue weighted by Crippen LogP contribution is 2.10. The fourth-order valence-electron chi connectivity index (χ4n) is 2.03. The van der Waals surface area contributed by atoms with Gasteiger partial charge in [-0.15, -0.1) is 0 Å². The standard InChI is InChI=1S/C18H34O4/c1-14(2)8-6-7-13-21-17(19)11-12-18(20)22-16(5)10-9-15(3)4/h14-16H,6-13H2,1-5H3. The molecule has 0 saturated heterocycles. The topological polar surface area (TPSA) is 52.6 Å². The Kier molecular flexibility index (Phi) is 11.9. The van der Waals surface area contributed by atoms with Gasteiger partial charge < -0.3 is 9.47 Å². The molecule has 130 valence electrons. The van der Waals surface area contributed by atoms with Crippen molar-refractivity contribution in [1.82, 2.24) is 0 Å². The smallest absolute Gasteiger partial charge is 0.306 e. The van der Waals surface area contributed by atoms with Crippen molar-refractivity contribution in [3.8, 4) is 0 Å². The Bertz CT molecular complexity index is 310. The number of ether oxygens (including phenoxy) is 2. The average Bonchev–Trinajstić information content (AvgIpc) is 2.42. The summed E-state index contributed by atoms with van der Waals surface area (Å²) in [7, 11) is 0. The molecule has 0 aliphatic carbocycles. The van der Waals surface area contributed by atoms with E-state index in [0.717, 1.165) is 32.1 Å². The molecule has 1 unspecified atom stereocenters. The van der Waals surface area contributed by atoms with E-state index in [2.05, 4.69) is 27.7 Å². The molecule has 1 atom stereocenters. The van der Waals surface area contributed by atoms with Crippen molar-refractivity contribution in [2.24, 2.45) is 11.8 Å². The number of unbranched alkanes of at least 4 members (excludes halogenated alkanes) is 1. The summed E-state index contributed by atoms with van der Waals surface area (Å²) in [5.41, 5.74) is 0. The van der Waals surface area contributed by atoms with Gasteiger partial charge in [0.15, 0.2) is 0 Å². The first kappa shape index (κ1) is 20.9. The molecule has 0 heterocycles. The summed E-state index contributed by atoms with van der Waals surface area (Å²) in [5, 5.41) is 0. The number of hydrogen-bond donors (Lipinski definition) is 0. The van der Waals surface area contributed by atoms with E-state index >= 15 is 0 Å². The Morgan fingerprint density at radius 2 is 1.36 bits per heavy atom. The van der Waals surface area contributed by atoms with Crippen LogP contribution in [0.1, 0.15) is 79.6 Å². The lowest BCUT2D eigenvalue weighted by Crippen LogP contribution is -2.17. The van der Waals surface area contributed by atoms with Gasteiger partial charge >= 0.3 is 11.9 Å². The second-order valence-corrected chi connectivity index (χ2v) is 6.88. The van der Waals surface area contributed by atoms with E-state index in [0.29, 0.717) is 18.4 Å². The molecule has 0 aliphatic rings. The van der Waals surface area contributed by atoms with Crippen LogP contribution in [-0.2, 0) is 19.1 Å². The quantitative estimate of drug-likeness (QED) is 0.393. The zero-order chi connectivity index (χ0) is 17.0. The molecule has 0 amide bonds. The van der Waals surface area contributed by atoms with Crippen LogP contribution < -0.4 is 0 Å². The third kappa shape index (κ3) is 13.9. The molecule has 0 bridgehead atoms. The highest BCUT2D eigenvalue weighted by Gasteiger charge is 2.13. The van der Waals surface area contributed by atoms with Crippen LogP contribution in [0.25, 0.3) is 0 Å². The Morgan fingerprint density at radius 1 is 0.773 bits per heavy atom. The Hall–Kier alpha value is -1.06. The maximum atomic E-state index is 11.6. The number of carbonyl (C=O) groups excluding carboxylic acids is 2. The van der Waals surface area contributed by atoms with Crippen LogP contribution in [0.3, 0.4) is 0 Å². The van der Waals surface area contributed by atoms with Gasteiger partial charge in [-0.25, -0.2) is 0 Å². The lowest BCUT2D eigenvalue weighted by molar-refractivity contribution is -0.153. The molecule has 0 saturated carbocycles. The van der Waals surface area contributed by atoms with E-state index in [1.807, 2.05) is 6.92 Å². The molecular formula is C18H34O4. The van der Waals surface area contributed by atoms with Gasteiger partial charge in [-0.1, -0.05) is 34.1 Å². The van der Waals surface area contributed by atoms with Crippen molar-refractivity contribution in [1.29, 1.82) is 0 Å². The summed E-state index contributed by atoms with van der Waals surface area (Å²) < 4.78 is 10.4. The van der Waals surface area contributed by atoms with Crippen LogP contribution in [0.4, 0.5) is 0 Å². The molecule has 0 aromatic heterocycles. The van der Waals surface area contributed by atoms with Gasteiger partial charge in [0, 0.05) is 0 Å². The molecule has 0 aliphatic heterocycles. The summed E-state index contributed by atoms with van der Waals surface area (Å²) in [5.74, 6) is 0.666. The van der Waals surface area contributed by atoms with Crippen molar-refractivity contribution >= 4 is 11.9 Å².